The minimum absolute atomic E-state index is 0.105. The quantitative estimate of drug-likeness (QED) is 0.455. The Hall–Kier alpha value is -2.75. The molecule has 4 heteroatoms. The van der Waals surface area contributed by atoms with E-state index in [0.29, 0.717) is 6.42 Å². The summed E-state index contributed by atoms with van der Waals surface area (Å²) in [6.07, 6.45) is 11.0. The zero-order chi connectivity index (χ0) is 23.5. The van der Waals surface area contributed by atoms with E-state index < -0.39 is 5.66 Å². The Morgan fingerprint density at radius 3 is 2.73 bits per heavy atom. The number of aryl methyl sites for hydroxylation is 1. The highest BCUT2D eigenvalue weighted by molar-refractivity contribution is 5.84. The average Bonchev–Trinajstić information content (AvgIpc) is 2.98. The van der Waals surface area contributed by atoms with Crippen LogP contribution in [0.3, 0.4) is 0 Å². The maximum absolute atomic E-state index is 12.6. The van der Waals surface area contributed by atoms with Crippen molar-refractivity contribution in [3.05, 3.63) is 65.2 Å². The largest absolute Gasteiger partial charge is 0.494 e. The molecule has 2 aromatic rings. The Labute approximate surface area is 199 Å². The molecule has 0 unspecified atom stereocenters. The first-order chi connectivity index (χ1) is 15.9. The molecular formula is C29H38N2O2. The highest BCUT2D eigenvalue weighted by atomic mass is 16.5. The third-order valence-corrected chi connectivity index (χ3v) is 7.28. The van der Waals surface area contributed by atoms with Gasteiger partial charge in [0.25, 0.3) is 0 Å². The van der Waals surface area contributed by atoms with Gasteiger partial charge in [-0.25, -0.2) is 0 Å². The van der Waals surface area contributed by atoms with Gasteiger partial charge < -0.3 is 15.0 Å². The van der Waals surface area contributed by atoms with Crippen LogP contribution >= 0.6 is 0 Å². The highest BCUT2D eigenvalue weighted by Crippen LogP contribution is 2.52. The first-order valence-electron chi connectivity index (χ1n) is 12.5. The lowest BCUT2D eigenvalue weighted by atomic mass is 9.74. The summed E-state index contributed by atoms with van der Waals surface area (Å²) in [4.78, 5) is 15.0. The zero-order valence-electron chi connectivity index (χ0n) is 20.6. The number of fused-ring (bicyclic) bond motifs is 3. The van der Waals surface area contributed by atoms with Gasteiger partial charge >= 0.3 is 0 Å². The number of amides is 1. The van der Waals surface area contributed by atoms with Gasteiger partial charge in [-0.2, -0.15) is 0 Å². The van der Waals surface area contributed by atoms with Crippen molar-refractivity contribution >= 4 is 17.7 Å². The maximum Gasteiger partial charge on any atom is 0.223 e. The van der Waals surface area contributed by atoms with Crippen LogP contribution in [-0.2, 0) is 10.2 Å². The molecule has 2 heterocycles. The second kappa shape index (κ2) is 9.62. The standard InChI is InChI=1S/C29H38N2O2/c1-5-6-7-8-9-19-33-24-12-10-11-23(21-24)15-17-29-28(3,4)25-20-22(2)13-14-26(25)31(29)18-16-27(32)30-29/h10-15,17,20-21H,5-9,16,18-19H2,1-4H3,(H,30,32)/b17-15+/t29-/m1/s1. The van der Waals surface area contributed by atoms with Crippen molar-refractivity contribution in [2.75, 3.05) is 18.1 Å². The highest BCUT2D eigenvalue weighted by Gasteiger charge is 2.57. The number of benzene rings is 2. The number of carbonyl (C=O) groups excluding carboxylic acids is 1. The molecule has 0 aromatic heterocycles. The molecule has 2 aromatic carbocycles. The van der Waals surface area contributed by atoms with E-state index in [1.54, 1.807) is 0 Å². The summed E-state index contributed by atoms with van der Waals surface area (Å²) < 4.78 is 6.01. The summed E-state index contributed by atoms with van der Waals surface area (Å²) in [5, 5.41) is 3.36. The van der Waals surface area contributed by atoms with Crippen LogP contribution < -0.4 is 15.0 Å². The van der Waals surface area contributed by atoms with Crippen LogP contribution in [0.15, 0.2) is 48.5 Å². The van der Waals surface area contributed by atoms with E-state index in [9.17, 15) is 4.79 Å². The van der Waals surface area contributed by atoms with Crippen molar-refractivity contribution in [2.45, 2.75) is 77.3 Å². The molecular weight excluding hydrogens is 408 g/mol. The second-order valence-electron chi connectivity index (χ2n) is 10.0. The van der Waals surface area contributed by atoms with Gasteiger partial charge in [-0.1, -0.05) is 82.4 Å². The molecule has 4 rings (SSSR count). The first-order valence-corrected chi connectivity index (χ1v) is 12.5. The van der Waals surface area contributed by atoms with Crippen molar-refractivity contribution in [3.8, 4) is 5.75 Å². The topological polar surface area (TPSA) is 41.6 Å². The fourth-order valence-electron chi connectivity index (χ4n) is 5.29. The van der Waals surface area contributed by atoms with E-state index in [0.717, 1.165) is 30.9 Å². The number of anilines is 1. The molecule has 176 valence electrons. The average molecular weight is 447 g/mol. The molecule has 4 nitrogen and oxygen atoms in total. The predicted octanol–water partition coefficient (Wildman–Crippen LogP) is 6.37. The van der Waals surface area contributed by atoms with Gasteiger partial charge in [0.05, 0.1) is 6.61 Å². The molecule has 2 aliphatic rings. The third kappa shape index (κ3) is 4.53. The Balaban J connectivity index is 1.55. The van der Waals surface area contributed by atoms with Crippen molar-refractivity contribution in [3.63, 3.8) is 0 Å². The minimum atomic E-state index is -0.589. The Bertz CT molecular complexity index is 1030. The SMILES string of the molecule is CCCCCCCOc1cccc(/C=C/[C@@]23NC(=O)CCN2c2ccc(C)cc2C3(C)C)c1. The molecule has 0 radical (unpaired) electrons. The molecule has 2 aliphatic heterocycles. The Morgan fingerprint density at radius 1 is 1.09 bits per heavy atom. The number of unbranched alkanes of at least 4 members (excludes halogenated alkanes) is 4. The lowest BCUT2D eigenvalue weighted by Gasteiger charge is -2.49. The summed E-state index contributed by atoms with van der Waals surface area (Å²) in [7, 11) is 0. The van der Waals surface area contributed by atoms with Gasteiger partial charge in [0.2, 0.25) is 5.91 Å². The summed E-state index contributed by atoms with van der Waals surface area (Å²) in [5.74, 6) is 1.01. The molecule has 0 spiro atoms. The van der Waals surface area contributed by atoms with E-state index in [4.69, 9.17) is 4.74 Å². The summed E-state index contributed by atoms with van der Waals surface area (Å²) in [5.41, 5.74) is 3.97. The summed E-state index contributed by atoms with van der Waals surface area (Å²) in [6.45, 7) is 10.3. The number of carbonyl (C=O) groups is 1. The van der Waals surface area contributed by atoms with Gasteiger partial charge in [0.15, 0.2) is 0 Å². The first kappa shape index (κ1) is 23.4. The van der Waals surface area contributed by atoms with Crippen molar-refractivity contribution < 1.29 is 9.53 Å². The number of hydrogen-bond donors (Lipinski definition) is 1. The molecule has 0 saturated carbocycles. The second-order valence-corrected chi connectivity index (χ2v) is 10.0. The van der Waals surface area contributed by atoms with Crippen molar-refractivity contribution in [1.82, 2.24) is 5.32 Å². The smallest absolute Gasteiger partial charge is 0.223 e. The number of nitrogens with zero attached hydrogens (tertiary/aromatic N) is 1. The summed E-state index contributed by atoms with van der Waals surface area (Å²) in [6, 6.07) is 14.9. The molecule has 1 fully saturated rings. The Kier molecular flexibility index (Phi) is 6.83. The number of hydrogen-bond acceptors (Lipinski definition) is 3. The molecule has 33 heavy (non-hydrogen) atoms. The predicted molar refractivity (Wildman–Crippen MR) is 137 cm³/mol. The number of rotatable bonds is 9. The molecule has 1 atom stereocenters. The normalized spacial score (nSPS) is 21.1. The van der Waals surface area contributed by atoms with Crippen LogP contribution in [0, 0.1) is 6.92 Å². The molecule has 0 aliphatic carbocycles. The Morgan fingerprint density at radius 2 is 1.91 bits per heavy atom. The van der Waals surface area contributed by atoms with E-state index in [2.05, 4.69) is 80.4 Å². The van der Waals surface area contributed by atoms with Crippen LogP contribution in [0.25, 0.3) is 6.08 Å². The van der Waals surface area contributed by atoms with Gasteiger partial charge in [-0.3, -0.25) is 4.79 Å². The third-order valence-electron chi connectivity index (χ3n) is 7.28. The van der Waals surface area contributed by atoms with E-state index in [-0.39, 0.29) is 11.3 Å². The maximum atomic E-state index is 12.6. The van der Waals surface area contributed by atoms with Gasteiger partial charge in [0, 0.05) is 24.1 Å². The van der Waals surface area contributed by atoms with E-state index >= 15 is 0 Å². The van der Waals surface area contributed by atoms with Gasteiger partial charge in [-0.15, -0.1) is 0 Å². The van der Waals surface area contributed by atoms with Crippen molar-refractivity contribution in [1.29, 1.82) is 0 Å². The van der Waals surface area contributed by atoms with Crippen LogP contribution in [0.4, 0.5) is 5.69 Å². The molecule has 0 bridgehead atoms. The fourth-order valence-corrected chi connectivity index (χ4v) is 5.29. The monoisotopic (exact) mass is 446 g/mol. The molecule has 1 amide bonds. The molecule has 1 N–H and O–H groups in total. The van der Waals surface area contributed by atoms with Crippen LogP contribution in [0.2, 0.25) is 0 Å². The molecule has 1 saturated heterocycles. The van der Waals surface area contributed by atoms with Crippen LogP contribution in [0.1, 0.15) is 76.0 Å². The summed E-state index contributed by atoms with van der Waals surface area (Å²) >= 11 is 0. The van der Waals surface area contributed by atoms with Gasteiger partial charge in [0.1, 0.15) is 11.4 Å². The van der Waals surface area contributed by atoms with Gasteiger partial charge in [-0.05, 0) is 48.7 Å². The lowest BCUT2D eigenvalue weighted by molar-refractivity contribution is -0.124. The van der Waals surface area contributed by atoms with E-state index in [1.165, 1.54) is 42.5 Å². The zero-order valence-corrected chi connectivity index (χ0v) is 20.6. The lowest BCUT2D eigenvalue weighted by Crippen LogP contribution is -2.68. The van der Waals surface area contributed by atoms with Crippen LogP contribution in [-0.4, -0.2) is 24.7 Å². The number of nitrogens with one attached hydrogen (secondary N) is 1. The number of ether oxygens (including phenoxy) is 1. The minimum Gasteiger partial charge on any atom is -0.494 e. The fraction of sp³-hybridized carbons (Fsp3) is 0.483. The van der Waals surface area contributed by atoms with Crippen molar-refractivity contribution in [2.24, 2.45) is 0 Å². The van der Waals surface area contributed by atoms with E-state index in [1.807, 2.05) is 12.1 Å². The van der Waals surface area contributed by atoms with Crippen LogP contribution in [0.5, 0.6) is 5.75 Å².